The Balaban J connectivity index is 2.26. The summed E-state index contributed by atoms with van der Waals surface area (Å²) in [6.07, 6.45) is 0. The predicted octanol–water partition coefficient (Wildman–Crippen LogP) is 1.53. The van der Waals surface area contributed by atoms with Crippen molar-refractivity contribution in [3.63, 3.8) is 0 Å². The zero-order valence-electron chi connectivity index (χ0n) is 8.97. The monoisotopic (exact) mass is 205 g/mol. The first-order chi connectivity index (χ1) is 7.09. The Kier molecular flexibility index (Phi) is 2.26. The molecule has 0 aliphatic carbocycles. The molecule has 1 fully saturated rings. The number of amides is 2. The Bertz CT molecular complexity index is 374. The van der Waals surface area contributed by atoms with E-state index in [0.29, 0.717) is 5.69 Å². The molecule has 4 heteroatoms. The van der Waals surface area contributed by atoms with Gasteiger partial charge in [0.2, 0.25) is 0 Å². The van der Waals surface area contributed by atoms with Crippen LogP contribution in [0.5, 0.6) is 0 Å². The van der Waals surface area contributed by atoms with Gasteiger partial charge in [0, 0.05) is 31.0 Å². The molecule has 2 rings (SSSR count). The number of rotatable bonds is 1. The molecule has 1 aromatic rings. The van der Waals surface area contributed by atoms with Crippen LogP contribution in [0.3, 0.4) is 0 Å². The second-order valence-electron chi connectivity index (χ2n) is 3.94. The SMILES string of the molecule is CC1CN(c2ccc(N)cc2)C(=O)N1C. The third-order valence-corrected chi connectivity index (χ3v) is 2.85. The smallest absolute Gasteiger partial charge is 0.324 e. The van der Waals surface area contributed by atoms with E-state index < -0.39 is 0 Å². The maximum Gasteiger partial charge on any atom is 0.324 e. The third kappa shape index (κ3) is 1.63. The highest BCUT2D eigenvalue weighted by molar-refractivity contribution is 5.94. The van der Waals surface area contributed by atoms with Crippen molar-refractivity contribution in [2.24, 2.45) is 0 Å². The topological polar surface area (TPSA) is 49.6 Å². The van der Waals surface area contributed by atoms with Crippen LogP contribution in [0.2, 0.25) is 0 Å². The number of urea groups is 1. The van der Waals surface area contributed by atoms with E-state index in [4.69, 9.17) is 5.73 Å². The number of nitrogens with zero attached hydrogens (tertiary/aromatic N) is 2. The van der Waals surface area contributed by atoms with E-state index in [2.05, 4.69) is 0 Å². The molecule has 1 saturated heterocycles. The average Bonchev–Trinajstić information content (AvgIpc) is 2.47. The van der Waals surface area contributed by atoms with E-state index in [0.717, 1.165) is 12.2 Å². The van der Waals surface area contributed by atoms with Crippen LogP contribution in [0, 0.1) is 0 Å². The summed E-state index contributed by atoms with van der Waals surface area (Å²) >= 11 is 0. The van der Waals surface area contributed by atoms with Crippen molar-refractivity contribution in [1.82, 2.24) is 4.90 Å². The normalized spacial score (nSPS) is 21.2. The summed E-state index contributed by atoms with van der Waals surface area (Å²) in [5.74, 6) is 0. The van der Waals surface area contributed by atoms with Gasteiger partial charge in [-0.05, 0) is 31.2 Å². The quantitative estimate of drug-likeness (QED) is 0.707. The molecule has 0 saturated carbocycles. The highest BCUT2D eigenvalue weighted by Gasteiger charge is 2.32. The van der Waals surface area contributed by atoms with Gasteiger partial charge in [0.25, 0.3) is 0 Å². The van der Waals surface area contributed by atoms with Crippen molar-refractivity contribution in [3.05, 3.63) is 24.3 Å². The van der Waals surface area contributed by atoms with E-state index in [1.807, 2.05) is 38.2 Å². The molecule has 2 amide bonds. The first-order valence-electron chi connectivity index (χ1n) is 4.99. The van der Waals surface area contributed by atoms with Crippen LogP contribution in [-0.4, -0.2) is 30.6 Å². The fourth-order valence-corrected chi connectivity index (χ4v) is 1.71. The first kappa shape index (κ1) is 9.83. The van der Waals surface area contributed by atoms with Crippen molar-refractivity contribution < 1.29 is 4.79 Å². The summed E-state index contributed by atoms with van der Waals surface area (Å²) in [5.41, 5.74) is 7.22. The summed E-state index contributed by atoms with van der Waals surface area (Å²) in [6, 6.07) is 7.68. The average molecular weight is 205 g/mol. The van der Waals surface area contributed by atoms with Crippen molar-refractivity contribution in [2.45, 2.75) is 13.0 Å². The highest BCUT2D eigenvalue weighted by Crippen LogP contribution is 2.23. The number of nitrogens with two attached hydrogens (primary N) is 1. The van der Waals surface area contributed by atoms with E-state index in [1.54, 1.807) is 9.80 Å². The fourth-order valence-electron chi connectivity index (χ4n) is 1.71. The number of benzene rings is 1. The van der Waals surface area contributed by atoms with Crippen molar-refractivity contribution >= 4 is 17.4 Å². The fraction of sp³-hybridized carbons (Fsp3) is 0.364. The molecule has 1 aliphatic rings. The summed E-state index contributed by atoms with van der Waals surface area (Å²) in [6.45, 7) is 2.77. The predicted molar refractivity (Wildman–Crippen MR) is 60.8 cm³/mol. The van der Waals surface area contributed by atoms with Crippen LogP contribution in [0.25, 0.3) is 0 Å². The Labute approximate surface area is 89.3 Å². The van der Waals surface area contributed by atoms with Crippen LogP contribution >= 0.6 is 0 Å². The highest BCUT2D eigenvalue weighted by atomic mass is 16.2. The summed E-state index contributed by atoms with van der Waals surface area (Å²) in [7, 11) is 1.82. The van der Waals surface area contributed by atoms with Gasteiger partial charge in [-0.2, -0.15) is 0 Å². The zero-order chi connectivity index (χ0) is 11.0. The van der Waals surface area contributed by atoms with Gasteiger partial charge in [-0.3, -0.25) is 4.90 Å². The largest absolute Gasteiger partial charge is 0.399 e. The molecule has 1 unspecified atom stereocenters. The van der Waals surface area contributed by atoms with Crippen molar-refractivity contribution in [2.75, 3.05) is 24.2 Å². The molecule has 0 radical (unpaired) electrons. The van der Waals surface area contributed by atoms with Gasteiger partial charge in [0.1, 0.15) is 0 Å². The minimum absolute atomic E-state index is 0.0484. The molecule has 0 bridgehead atoms. The number of nitrogen functional groups attached to an aromatic ring is 1. The second kappa shape index (κ2) is 3.46. The number of anilines is 2. The van der Waals surface area contributed by atoms with E-state index in [-0.39, 0.29) is 12.1 Å². The maximum absolute atomic E-state index is 11.8. The zero-order valence-corrected chi connectivity index (χ0v) is 8.97. The van der Waals surface area contributed by atoms with Crippen LogP contribution in [-0.2, 0) is 0 Å². The molecule has 1 atom stereocenters. The molecule has 1 heterocycles. The molecule has 1 aliphatic heterocycles. The standard InChI is InChI=1S/C11H15N3O/c1-8-7-14(11(15)13(8)2)10-5-3-9(12)4-6-10/h3-6,8H,7,12H2,1-2H3. The van der Waals surface area contributed by atoms with Gasteiger partial charge >= 0.3 is 6.03 Å². The number of likely N-dealkylation sites (N-methyl/N-ethyl adjacent to an activating group) is 1. The van der Waals surface area contributed by atoms with Crippen LogP contribution in [0.15, 0.2) is 24.3 Å². The molecule has 0 spiro atoms. The third-order valence-electron chi connectivity index (χ3n) is 2.85. The number of hydrogen-bond donors (Lipinski definition) is 1. The lowest BCUT2D eigenvalue weighted by Crippen LogP contribution is -2.30. The Hall–Kier alpha value is -1.71. The molecule has 1 aromatic carbocycles. The van der Waals surface area contributed by atoms with Gasteiger partial charge in [-0.25, -0.2) is 4.79 Å². The van der Waals surface area contributed by atoms with Gasteiger partial charge in [0.15, 0.2) is 0 Å². The molecular weight excluding hydrogens is 190 g/mol. The van der Waals surface area contributed by atoms with Crippen molar-refractivity contribution in [1.29, 1.82) is 0 Å². The van der Waals surface area contributed by atoms with E-state index in [9.17, 15) is 4.79 Å². The minimum atomic E-state index is 0.0484. The second-order valence-corrected chi connectivity index (χ2v) is 3.94. The molecule has 15 heavy (non-hydrogen) atoms. The van der Waals surface area contributed by atoms with Crippen LogP contribution < -0.4 is 10.6 Å². The molecule has 80 valence electrons. The maximum atomic E-state index is 11.8. The summed E-state index contributed by atoms with van der Waals surface area (Å²) in [5, 5.41) is 0. The molecular formula is C11H15N3O. The molecule has 4 nitrogen and oxygen atoms in total. The Morgan fingerprint density at radius 2 is 1.93 bits per heavy atom. The Morgan fingerprint density at radius 1 is 1.33 bits per heavy atom. The number of carbonyl (C=O) groups is 1. The Morgan fingerprint density at radius 3 is 2.40 bits per heavy atom. The molecule has 0 aromatic heterocycles. The van der Waals surface area contributed by atoms with Gasteiger partial charge < -0.3 is 10.6 Å². The van der Waals surface area contributed by atoms with Gasteiger partial charge in [-0.1, -0.05) is 0 Å². The van der Waals surface area contributed by atoms with E-state index in [1.165, 1.54) is 0 Å². The van der Waals surface area contributed by atoms with Crippen molar-refractivity contribution in [3.8, 4) is 0 Å². The van der Waals surface area contributed by atoms with Crippen LogP contribution in [0.1, 0.15) is 6.92 Å². The lowest BCUT2D eigenvalue weighted by molar-refractivity contribution is 0.221. The lowest BCUT2D eigenvalue weighted by Gasteiger charge is -2.15. The van der Waals surface area contributed by atoms with Gasteiger partial charge in [0.05, 0.1) is 0 Å². The summed E-state index contributed by atoms with van der Waals surface area (Å²) < 4.78 is 0. The van der Waals surface area contributed by atoms with Gasteiger partial charge in [-0.15, -0.1) is 0 Å². The van der Waals surface area contributed by atoms with E-state index >= 15 is 0 Å². The molecule has 2 N–H and O–H groups in total. The lowest BCUT2D eigenvalue weighted by atomic mass is 10.2. The first-order valence-corrected chi connectivity index (χ1v) is 4.99. The minimum Gasteiger partial charge on any atom is -0.399 e. The van der Waals surface area contributed by atoms with Crippen LogP contribution in [0.4, 0.5) is 16.2 Å². The number of hydrogen-bond acceptors (Lipinski definition) is 2. The number of carbonyl (C=O) groups excluding carboxylic acids is 1. The summed E-state index contributed by atoms with van der Waals surface area (Å²) in [4.78, 5) is 15.3.